The lowest BCUT2D eigenvalue weighted by atomic mass is 10.2. The van der Waals surface area contributed by atoms with Crippen LogP contribution in [0.3, 0.4) is 0 Å². The van der Waals surface area contributed by atoms with Gasteiger partial charge >= 0.3 is 0 Å². The number of para-hydroxylation sites is 1. The molecular formula is C20H20N4O3S2. The monoisotopic (exact) mass is 428 g/mol. The fraction of sp³-hybridized carbons (Fsp3) is 0.250. The molecule has 4 rings (SSSR count). The molecule has 3 heterocycles. The predicted octanol–water partition coefficient (Wildman–Crippen LogP) is 2.26. The maximum Gasteiger partial charge on any atom is 0.236 e. The molecule has 0 aliphatic carbocycles. The molecule has 3 aromatic rings. The number of aromatic nitrogens is 2. The van der Waals surface area contributed by atoms with Crippen LogP contribution in [0.5, 0.6) is 0 Å². The third kappa shape index (κ3) is 4.46. The van der Waals surface area contributed by atoms with Crippen molar-refractivity contribution in [1.29, 1.82) is 0 Å². The summed E-state index contributed by atoms with van der Waals surface area (Å²) in [5, 5.41) is 5.26. The van der Waals surface area contributed by atoms with Crippen molar-refractivity contribution in [3.8, 4) is 10.7 Å². The van der Waals surface area contributed by atoms with E-state index in [2.05, 4.69) is 15.3 Å². The largest absolute Gasteiger partial charge is 0.355 e. The number of amides is 1. The lowest BCUT2D eigenvalue weighted by Gasteiger charge is -2.19. The van der Waals surface area contributed by atoms with E-state index in [4.69, 9.17) is 0 Å². The summed E-state index contributed by atoms with van der Waals surface area (Å²) < 4.78 is 26.7. The summed E-state index contributed by atoms with van der Waals surface area (Å²) in [5.74, 6) is -0.386. The van der Waals surface area contributed by atoms with Crippen molar-refractivity contribution in [3.05, 3.63) is 65.3 Å². The fourth-order valence-electron chi connectivity index (χ4n) is 3.25. The summed E-state index contributed by atoms with van der Waals surface area (Å²) in [5.41, 5.74) is 3.18. The summed E-state index contributed by atoms with van der Waals surface area (Å²) in [7, 11) is -3.48. The number of hydrogen-bond acceptors (Lipinski definition) is 6. The first-order valence-electron chi connectivity index (χ1n) is 9.24. The van der Waals surface area contributed by atoms with E-state index in [0.717, 1.165) is 22.0 Å². The van der Waals surface area contributed by atoms with Crippen LogP contribution in [0.4, 0.5) is 5.69 Å². The number of pyridine rings is 1. The number of benzene rings is 1. The van der Waals surface area contributed by atoms with Crippen molar-refractivity contribution in [3.63, 3.8) is 0 Å². The van der Waals surface area contributed by atoms with Crippen LogP contribution >= 0.6 is 11.3 Å². The van der Waals surface area contributed by atoms with Gasteiger partial charge in [-0.05, 0) is 30.2 Å². The lowest BCUT2D eigenvalue weighted by molar-refractivity contribution is -0.120. The van der Waals surface area contributed by atoms with E-state index in [1.807, 2.05) is 47.8 Å². The van der Waals surface area contributed by atoms with Crippen LogP contribution in [-0.4, -0.2) is 43.1 Å². The molecule has 1 amide bonds. The highest BCUT2D eigenvalue weighted by Gasteiger charge is 2.28. The van der Waals surface area contributed by atoms with Gasteiger partial charge < -0.3 is 5.32 Å². The van der Waals surface area contributed by atoms with E-state index < -0.39 is 10.0 Å². The zero-order chi connectivity index (χ0) is 20.3. The van der Waals surface area contributed by atoms with E-state index in [-0.39, 0.29) is 24.6 Å². The number of carbonyl (C=O) groups excluding carboxylic acids is 1. The van der Waals surface area contributed by atoms with Crippen LogP contribution in [-0.2, 0) is 27.7 Å². The van der Waals surface area contributed by atoms with Gasteiger partial charge in [0.1, 0.15) is 5.01 Å². The molecule has 0 bridgehead atoms. The molecule has 0 unspecified atom stereocenters. The first-order chi connectivity index (χ1) is 14.0. The smallest absolute Gasteiger partial charge is 0.236 e. The molecule has 150 valence electrons. The van der Waals surface area contributed by atoms with Gasteiger partial charge in [-0.25, -0.2) is 13.4 Å². The minimum absolute atomic E-state index is 0.0665. The summed E-state index contributed by atoms with van der Waals surface area (Å²) >= 11 is 1.43. The number of sulfonamides is 1. The SMILES string of the molecule is O=C(Cc1csc(-c2ccccn2)n1)NCCS(=O)(=O)N1CCc2ccccc21. The number of nitrogens with one attached hydrogen (secondary N) is 1. The number of nitrogens with zero attached hydrogens (tertiary/aromatic N) is 3. The molecule has 0 atom stereocenters. The Morgan fingerprint density at radius 3 is 2.83 bits per heavy atom. The Bertz CT molecular complexity index is 1110. The number of fused-ring (bicyclic) bond motifs is 1. The van der Waals surface area contributed by atoms with Crippen LogP contribution in [0.2, 0.25) is 0 Å². The summed E-state index contributed by atoms with van der Waals surface area (Å²) in [6, 6.07) is 13.1. The second kappa shape index (κ2) is 8.30. The highest BCUT2D eigenvalue weighted by Crippen LogP contribution is 2.29. The topological polar surface area (TPSA) is 92.3 Å². The Hall–Kier alpha value is -2.78. The maximum absolute atomic E-state index is 12.7. The van der Waals surface area contributed by atoms with E-state index in [0.29, 0.717) is 18.7 Å². The molecule has 0 spiro atoms. The summed E-state index contributed by atoms with van der Waals surface area (Å²) in [6.45, 7) is 0.516. The van der Waals surface area contributed by atoms with Gasteiger partial charge in [0.15, 0.2) is 0 Å². The molecule has 2 aromatic heterocycles. The molecule has 0 saturated carbocycles. The van der Waals surface area contributed by atoms with Gasteiger partial charge in [0.25, 0.3) is 0 Å². The van der Waals surface area contributed by atoms with Gasteiger partial charge in [0.2, 0.25) is 15.9 Å². The van der Waals surface area contributed by atoms with Gasteiger partial charge in [-0.15, -0.1) is 11.3 Å². The van der Waals surface area contributed by atoms with Crippen molar-refractivity contribution in [2.24, 2.45) is 0 Å². The standard InChI is InChI=1S/C20H20N4O3S2/c25-19(13-16-14-28-20(23-16)17-6-3-4-9-21-17)22-10-12-29(26,27)24-11-8-15-5-1-2-7-18(15)24/h1-7,9,14H,8,10-13H2,(H,22,25). The molecule has 1 aliphatic heterocycles. The van der Waals surface area contributed by atoms with Gasteiger partial charge in [-0.1, -0.05) is 24.3 Å². The highest BCUT2D eigenvalue weighted by atomic mass is 32.2. The second-order valence-electron chi connectivity index (χ2n) is 6.65. The molecule has 0 radical (unpaired) electrons. The molecule has 7 nitrogen and oxygen atoms in total. The molecule has 1 aromatic carbocycles. The Morgan fingerprint density at radius 2 is 2.00 bits per heavy atom. The van der Waals surface area contributed by atoms with Crippen molar-refractivity contribution < 1.29 is 13.2 Å². The number of thiazole rings is 1. The summed E-state index contributed by atoms with van der Waals surface area (Å²) in [6.07, 6.45) is 2.52. The van der Waals surface area contributed by atoms with Crippen molar-refractivity contribution in [2.45, 2.75) is 12.8 Å². The fourth-order valence-corrected chi connectivity index (χ4v) is 5.47. The average molecular weight is 429 g/mol. The predicted molar refractivity (Wildman–Crippen MR) is 113 cm³/mol. The van der Waals surface area contributed by atoms with Crippen LogP contribution in [0.15, 0.2) is 54.0 Å². The number of rotatable bonds is 7. The minimum Gasteiger partial charge on any atom is -0.355 e. The van der Waals surface area contributed by atoms with E-state index in [1.165, 1.54) is 15.6 Å². The first kappa shape index (κ1) is 19.5. The third-order valence-electron chi connectivity index (χ3n) is 4.64. The number of carbonyl (C=O) groups is 1. The second-order valence-corrected chi connectivity index (χ2v) is 9.52. The molecule has 0 saturated heterocycles. The molecule has 1 N–H and O–H groups in total. The van der Waals surface area contributed by atoms with Crippen LogP contribution in [0.25, 0.3) is 10.7 Å². The minimum atomic E-state index is -3.48. The molecule has 0 fully saturated rings. The average Bonchev–Trinajstić information content (AvgIpc) is 3.36. The molecule has 1 aliphatic rings. The Kier molecular flexibility index (Phi) is 5.59. The van der Waals surface area contributed by atoms with Gasteiger partial charge in [0.05, 0.1) is 29.2 Å². The zero-order valence-electron chi connectivity index (χ0n) is 15.6. The van der Waals surface area contributed by atoms with E-state index >= 15 is 0 Å². The van der Waals surface area contributed by atoms with Gasteiger partial charge in [0, 0.05) is 24.7 Å². The quantitative estimate of drug-likeness (QED) is 0.623. The summed E-state index contributed by atoms with van der Waals surface area (Å²) in [4.78, 5) is 20.9. The third-order valence-corrected chi connectivity index (χ3v) is 7.32. The molecule has 29 heavy (non-hydrogen) atoms. The normalized spacial score (nSPS) is 13.3. The molecule has 9 heteroatoms. The molecular weight excluding hydrogens is 408 g/mol. The lowest BCUT2D eigenvalue weighted by Crippen LogP contribution is -2.37. The van der Waals surface area contributed by atoms with Crippen LogP contribution in [0.1, 0.15) is 11.3 Å². The number of hydrogen-bond donors (Lipinski definition) is 1. The highest BCUT2D eigenvalue weighted by molar-refractivity contribution is 7.92. The maximum atomic E-state index is 12.7. The van der Waals surface area contributed by atoms with Gasteiger partial charge in [-0.3, -0.25) is 14.1 Å². The van der Waals surface area contributed by atoms with Crippen molar-refractivity contribution in [1.82, 2.24) is 15.3 Å². The van der Waals surface area contributed by atoms with Crippen molar-refractivity contribution >= 4 is 33.0 Å². The van der Waals surface area contributed by atoms with E-state index in [9.17, 15) is 13.2 Å². The Labute approximate surface area is 173 Å². The van der Waals surface area contributed by atoms with Crippen molar-refractivity contribution in [2.75, 3.05) is 23.1 Å². The Balaban J connectivity index is 1.30. The zero-order valence-corrected chi connectivity index (χ0v) is 17.2. The van der Waals surface area contributed by atoms with E-state index in [1.54, 1.807) is 6.20 Å². The van der Waals surface area contributed by atoms with Crippen LogP contribution in [0, 0.1) is 0 Å². The van der Waals surface area contributed by atoms with Crippen LogP contribution < -0.4 is 9.62 Å². The first-order valence-corrected chi connectivity index (χ1v) is 11.7. The number of anilines is 1. The Morgan fingerprint density at radius 1 is 1.17 bits per heavy atom. The van der Waals surface area contributed by atoms with Gasteiger partial charge in [-0.2, -0.15) is 0 Å².